The van der Waals surface area contributed by atoms with E-state index in [-0.39, 0.29) is 16.8 Å². The lowest BCUT2D eigenvalue weighted by Crippen LogP contribution is -2.23. The van der Waals surface area contributed by atoms with Gasteiger partial charge in [0.15, 0.2) is 0 Å². The lowest BCUT2D eigenvalue weighted by atomic mass is 10.4. The van der Waals surface area contributed by atoms with Crippen LogP contribution in [0.5, 0.6) is 0 Å². The van der Waals surface area contributed by atoms with Crippen molar-refractivity contribution in [3.63, 3.8) is 0 Å². The minimum atomic E-state index is -0.235. The third-order valence-corrected chi connectivity index (χ3v) is 1.39. The molecule has 64 valence electrons. The van der Waals surface area contributed by atoms with Crippen molar-refractivity contribution in [1.82, 2.24) is 15.3 Å². The summed E-state index contributed by atoms with van der Waals surface area (Å²) in [5.41, 5.74) is 0.279. The van der Waals surface area contributed by atoms with E-state index < -0.39 is 0 Å². The molecule has 1 aromatic heterocycles. The van der Waals surface area contributed by atoms with Crippen LogP contribution >= 0.6 is 11.6 Å². The molecule has 12 heavy (non-hydrogen) atoms. The van der Waals surface area contributed by atoms with E-state index >= 15 is 0 Å². The van der Waals surface area contributed by atoms with Gasteiger partial charge >= 0.3 is 0 Å². The zero-order chi connectivity index (χ0) is 8.97. The smallest absolute Gasteiger partial charge is 0.271 e. The van der Waals surface area contributed by atoms with Crippen molar-refractivity contribution >= 4 is 17.5 Å². The van der Waals surface area contributed by atoms with Crippen LogP contribution in [0.3, 0.4) is 0 Å². The lowest BCUT2D eigenvalue weighted by molar-refractivity contribution is 0.0950. The Labute approximate surface area is 75.0 Å². The van der Waals surface area contributed by atoms with Crippen molar-refractivity contribution in [3.8, 4) is 0 Å². The van der Waals surface area contributed by atoms with Crippen LogP contribution < -0.4 is 5.32 Å². The number of halogens is 1. The third-order valence-electron chi connectivity index (χ3n) is 1.19. The minimum absolute atomic E-state index is 0.235. The van der Waals surface area contributed by atoms with Gasteiger partial charge in [0.25, 0.3) is 5.91 Å². The molecule has 0 aromatic carbocycles. The molecule has 1 amide bonds. The van der Waals surface area contributed by atoms with Gasteiger partial charge in [-0.1, -0.05) is 11.6 Å². The second-order valence-electron chi connectivity index (χ2n) is 2.08. The second kappa shape index (κ2) is 4.01. The van der Waals surface area contributed by atoms with Crippen LogP contribution in [0.2, 0.25) is 5.15 Å². The monoisotopic (exact) mass is 185 g/mol. The molecule has 0 saturated heterocycles. The summed E-state index contributed by atoms with van der Waals surface area (Å²) in [6.07, 6.45) is 2.68. The maximum Gasteiger partial charge on any atom is 0.271 e. The average Bonchev–Trinajstić information content (AvgIpc) is 2.06. The first-order chi connectivity index (χ1) is 5.74. The Balaban J connectivity index is 2.75. The molecule has 0 bridgehead atoms. The third kappa shape index (κ3) is 2.17. The number of nitrogens with one attached hydrogen (secondary N) is 1. The Hall–Kier alpha value is -1.16. The van der Waals surface area contributed by atoms with Gasteiger partial charge in [0.2, 0.25) is 0 Å². The molecule has 5 heteroatoms. The summed E-state index contributed by atoms with van der Waals surface area (Å²) in [4.78, 5) is 18.6. The van der Waals surface area contributed by atoms with Crippen LogP contribution in [0.25, 0.3) is 0 Å². The quantitative estimate of drug-likeness (QED) is 0.744. The molecule has 0 aliphatic rings. The highest BCUT2D eigenvalue weighted by Gasteiger charge is 2.04. The molecule has 0 radical (unpaired) electrons. The predicted molar refractivity (Wildman–Crippen MR) is 45.0 cm³/mol. The Morgan fingerprint density at radius 1 is 1.58 bits per heavy atom. The van der Waals surface area contributed by atoms with Gasteiger partial charge in [-0.15, -0.1) is 0 Å². The molecular formula is C7H8ClN3O. The fourth-order valence-electron chi connectivity index (χ4n) is 0.681. The number of carbonyl (C=O) groups is 1. The van der Waals surface area contributed by atoms with E-state index in [4.69, 9.17) is 11.6 Å². The van der Waals surface area contributed by atoms with Gasteiger partial charge in [-0.2, -0.15) is 0 Å². The Morgan fingerprint density at radius 3 is 2.83 bits per heavy atom. The van der Waals surface area contributed by atoms with Gasteiger partial charge in [-0.05, 0) is 6.92 Å². The molecule has 0 atom stereocenters. The zero-order valence-electron chi connectivity index (χ0n) is 6.54. The lowest BCUT2D eigenvalue weighted by Gasteiger charge is -1.99. The number of hydrogen-bond donors (Lipinski definition) is 1. The number of amides is 1. The molecule has 0 aliphatic carbocycles. The summed E-state index contributed by atoms with van der Waals surface area (Å²) in [6.45, 7) is 2.41. The predicted octanol–water partition coefficient (Wildman–Crippen LogP) is 0.880. The normalized spacial score (nSPS) is 9.50. The van der Waals surface area contributed by atoms with E-state index in [1.54, 1.807) is 0 Å². The molecule has 1 N–H and O–H groups in total. The average molecular weight is 186 g/mol. The number of rotatable bonds is 2. The van der Waals surface area contributed by atoms with Crippen LogP contribution in [0.1, 0.15) is 17.4 Å². The van der Waals surface area contributed by atoms with Gasteiger partial charge in [0.05, 0.1) is 12.4 Å². The number of carbonyl (C=O) groups excluding carboxylic acids is 1. The maximum atomic E-state index is 11.1. The van der Waals surface area contributed by atoms with Crippen molar-refractivity contribution < 1.29 is 4.79 Å². The highest BCUT2D eigenvalue weighted by molar-refractivity contribution is 6.29. The van der Waals surface area contributed by atoms with Crippen molar-refractivity contribution in [2.45, 2.75) is 6.92 Å². The summed E-state index contributed by atoms with van der Waals surface area (Å²) >= 11 is 5.49. The summed E-state index contributed by atoms with van der Waals surface area (Å²) in [5, 5.41) is 2.88. The molecule has 0 fully saturated rings. The summed E-state index contributed by atoms with van der Waals surface area (Å²) in [7, 11) is 0. The first-order valence-electron chi connectivity index (χ1n) is 3.49. The fraction of sp³-hybridized carbons (Fsp3) is 0.286. The minimum Gasteiger partial charge on any atom is -0.351 e. The molecule has 4 nitrogen and oxygen atoms in total. The first kappa shape index (κ1) is 8.93. The largest absolute Gasteiger partial charge is 0.351 e. The van der Waals surface area contributed by atoms with Crippen LogP contribution in [-0.2, 0) is 0 Å². The number of hydrogen-bond acceptors (Lipinski definition) is 3. The molecule has 0 saturated carbocycles. The van der Waals surface area contributed by atoms with E-state index in [2.05, 4.69) is 15.3 Å². The standard InChI is InChI=1S/C7H8ClN3O/c1-2-9-7(12)5-3-11-6(8)4-10-5/h3-4H,2H2,1H3,(H,9,12). The zero-order valence-corrected chi connectivity index (χ0v) is 7.30. The highest BCUT2D eigenvalue weighted by atomic mass is 35.5. The first-order valence-corrected chi connectivity index (χ1v) is 3.87. The number of nitrogens with zero attached hydrogens (tertiary/aromatic N) is 2. The molecule has 0 aliphatic heterocycles. The summed E-state index contributed by atoms with van der Waals surface area (Å²) in [6, 6.07) is 0. The molecule has 1 aromatic rings. The topological polar surface area (TPSA) is 54.9 Å². The van der Waals surface area contributed by atoms with Crippen LogP contribution in [0, 0.1) is 0 Å². The van der Waals surface area contributed by atoms with Crippen molar-refractivity contribution in [3.05, 3.63) is 23.2 Å². The Kier molecular flexibility index (Phi) is 2.99. The van der Waals surface area contributed by atoms with E-state index in [0.717, 1.165) is 0 Å². The molecule has 0 unspecified atom stereocenters. The summed E-state index contributed by atoms with van der Waals surface area (Å²) in [5.74, 6) is -0.235. The van der Waals surface area contributed by atoms with E-state index in [9.17, 15) is 4.79 Å². The molecular weight excluding hydrogens is 178 g/mol. The summed E-state index contributed by atoms with van der Waals surface area (Å²) < 4.78 is 0. The van der Waals surface area contributed by atoms with Gasteiger partial charge in [0.1, 0.15) is 10.8 Å². The molecule has 1 rings (SSSR count). The number of aromatic nitrogens is 2. The van der Waals surface area contributed by atoms with E-state index in [1.165, 1.54) is 12.4 Å². The van der Waals surface area contributed by atoms with Crippen LogP contribution in [-0.4, -0.2) is 22.4 Å². The Bertz CT molecular complexity index is 272. The fourth-order valence-corrected chi connectivity index (χ4v) is 0.778. The van der Waals surface area contributed by atoms with Crippen molar-refractivity contribution in [2.24, 2.45) is 0 Å². The van der Waals surface area contributed by atoms with Gasteiger partial charge in [-0.3, -0.25) is 4.79 Å². The van der Waals surface area contributed by atoms with E-state index in [0.29, 0.717) is 6.54 Å². The molecule has 1 heterocycles. The van der Waals surface area contributed by atoms with Crippen molar-refractivity contribution in [1.29, 1.82) is 0 Å². The van der Waals surface area contributed by atoms with Gasteiger partial charge < -0.3 is 5.32 Å². The van der Waals surface area contributed by atoms with Crippen LogP contribution in [0.15, 0.2) is 12.4 Å². The highest BCUT2D eigenvalue weighted by Crippen LogP contribution is 2.00. The SMILES string of the molecule is CCNC(=O)c1cnc(Cl)cn1. The van der Waals surface area contributed by atoms with E-state index in [1.807, 2.05) is 6.92 Å². The van der Waals surface area contributed by atoms with Gasteiger partial charge in [-0.25, -0.2) is 9.97 Å². The van der Waals surface area contributed by atoms with Crippen LogP contribution in [0.4, 0.5) is 0 Å². The van der Waals surface area contributed by atoms with Gasteiger partial charge in [0, 0.05) is 6.54 Å². The van der Waals surface area contributed by atoms with Crippen molar-refractivity contribution in [2.75, 3.05) is 6.54 Å². The second-order valence-corrected chi connectivity index (χ2v) is 2.47. The maximum absolute atomic E-state index is 11.1. The molecule has 0 spiro atoms. The Morgan fingerprint density at radius 2 is 2.33 bits per heavy atom.